The largest absolute Gasteiger partial charge is 0.455 e. The zero-order chi connectivity index (χ0) is 17.5. The average molecular weight is 355 g/mol. The molecule has 0 fully saturated rings. The Bertz CT molecular complexity index is 755. The van der Waals surface area contributed by atoms with Crippen molar-refractivity contribution in [2.75, 3.05) is 17.7 Å². The van der Waals surface area contributed by atoms with Crippen LogP contribution in [0.25, 0.3) is 0 Å². The van der Waals surface area contributed by atoms with Crippen molar-refractivity contribution >= 4 is 29.3 Å². The van der Waals surface area contributed by atoms with Gasteiger partial charge in [-0.2, -0.15) is 0 Å². The minimum atomic E-state index is -0.785. The van der Waals surface area contributed by atoms with Gasteiger partial charge >= 0.3 is 5.97 Å². The quantitative estimate of drug-likeness (QED) is 0.638. The number of benzene rings is 2. The lowest BCUT2D eigenvalue weighted by atomic mass is 10.3. The van der Waals surface area contributed by atoms with Gasteiger partial charge in [-0.25, -0.2) is 13.2 Å². The molecule has 0 unspecified atom stereocenters. The van der Waals surface area contributed by atoms with Crippen molar-refractivity contribution in [3.8, 4) is 0 Å². The second-order valence-corrected chi connectivity index (χ2v) is 5.57. The summed E-state index contributed by atoms with van der Waals surface area (Å²) >= 11 is 0.746. The first-order valence-electron chi connectivity index (χ1n) is 6.73. The molecule has 8 heteroatoms. The van der Waals surface area contributed by atoms with Crippen molar-refractivity contribution in [2.24, 2.45) is 0 Å². The molecule has 0 atom stereocenters. The third-order valence-electron chi connectivity index (χ3n) is 2.75. The van der Waals surface area contributed by atoms with Crippen LogP contribution in [0, 0.1) is 17.5 Å². The maximum absolute atomic E-state index is 13.4. The van der Waals surface area contributed by atoms with E-state index in [1.165, 1.54) is 24.3 Å². The van der Waals surface area contributed by atoms with Crippen LogP contribution in [0.1, 0.15) is 0 Å². The predicted octanol–water partition coefficient (Wildman–Crippen LogP) is 3.38. The Labute approximate surface area is 140 Å². The SMILES string of the molecule is O=C(COC(=O)CSc1cc(F)ccc1F)Nc1ccccc1F. The third kappa shape index (κ3) is 5.31. The van der Waals surface area contributed by atoms with Crippen LogP contribution < -0.4 is 5.32 Å². The maximum atomic E-state index is 13.4. The molecule has 0 saturated heterocycles. The summed E-state index contributed by atoms with van der Waals surface area (Å²) in [5, 5.41) is 2.25. The number of hydrogen-bond acceptors (Lipinski definition) is 4. The van der Waals surface area contributed by atoms with E-state index in [9.17, 15) is 22.8 Å². The maximum Gasteiger partial charge on any atom is 0.316 e. The molecule has 126 valence electrons. The number of ether oxygens (including phenoxy) is 1. The van der Waals surface area contributed by atoms with Crippen molar-refractivity contribution in [1.29, 1.82) is 0 Å². The van der Waals surface area contributed by atoms with Crippen LogP contribution in [-0.4, -0.2) is 24.2 Å². The molecule has 0 bridgehead atoms. The fourth-order valence-corrected chi connectivity index (χ4v) is 2.42. The van der Waals surface area contributed by atoms with E-state index in [0.717, 1.165) is 30.0 Å². The van der Waals surface area contributed by atoms with E-state index >= 15 is 0 Å². The van der Waals surface area contributed by atoms with Crippen LogP contribution in [0.4, 0.5) is 18.9 Å². The van der Waals surface area contributed by atoms with Crippen LogP contribution in [0.2, 0.25) is 0 Å². The molecule has 0 saturated carbocycles. The third-order valence-corrected chi connectivity index (χ3v) is 3.75. The Morgan fingerprint density at radius 3 is 2.54 bits per heavy atom. The summed E-state index contributed by atoms with van der Waals surface area (Å²) in [4.78, 5) is 23.1. The topological polar surface area (TPSA) is 55.4 Å². The smallest absolute Gasteiger partial charge is 0.316 e. The number of amides is 1. The highest BCUT2D eigenvalue weighted by Crippen LogP contribution is 2.22. The Morgan fingerprint density at radius 2 is 1.79 bits per heavy atom. The number of esters is 1. The number of hydrogen-bond donors (Lipinski definition) is 1. The average Bonchev–Trinajstić information content (AvgIpc) is 2.56. The fourth-order valence-electron chi connectivity index (χ4n) is 1.66. The molecule has 0 spiro atoms. The van der Waals surface area contributed by atoms with Gasteiger partial charge in [-0.1, -0.05) is 12.1 Å². The van der Waals surface area contributed by atoms with Gasteiger partial charge in [-0.15, -0.1) is 11.8 Å². The molecule has 0 aliphatic carbocycles. The zero-order valence-corrected chi connectivity index (χ0v) is 13.0. The first-order chi connectivity index (χ1) is 11.5. The molecule has 24 heavy (non-hydrogen) atoms. The highest BCUT2D eigenvalue weighted by atomic mass is 32.2. The standard InChI is InChI=1S/C16H12F3NO3S/c17-10-5-6-12(19)14(7-10)24-9-16(22)23-8-15(21)20-13-4-2-1-3-11(13)18/h1-7H,8-9H2,(H,20,21). The minimum absolute atomic E-state index is 0.0326. The number of thioether (sulfide) groups is 1. The Kier molecular flexibility index (Phi) is 6.25. The van der Waals surface area contributed by atoms with E-state index in [4.69, 9.17) is 4.74 Å². The van der Waals surface area contributed by atoms with Crippen molar-refractivity contribution < 1.29 is 27.5 Å². The molecular weight excluding hydrogens is 343 g/mol. The van der Waals surface area contributed by atoms with E-state index in [1.54, 1.807) is 0 Å². The molecule has 1 N–H and O–H groups in total. The van der Waals surface area contributed by atoms with Gasteiger partial charge in [0.05, 0.1) is 11.4 Å². The Hall–Kier alpha value is -2.48. The molecule has 2 aromatic rings. The van der Waals surface area contributed by atoms with E-state index in [1.807, 2.05) is 0 Å². The second-order valence-electron chi connectivity index (χ2n) is 4.55. The van der Waals surface area contributed by atoms with Crippen LogP contribution in [0.5, 0.6) is 0 Å². The second kappa shape index (κ2) is 8.39. The highest BCUT2D eigenvalue weighted by Gasteiger charge is 2.12. The van der Waals surface area contributed by atoms with Gasteiger partial charge in [0.25, 0.3) is 5.91 Å². The van der Waals surface area contributed by atoms with E-state index in [-0.39, 0.29) is 16.3 Å². The minimum Gasteiger partial charge on any atom is -0.455 e. The van der Waals surface area contributed by atoms with Gasteiger partial charge in [0, 0.05) is 4.90 Å². The van der Waals surface area contributed by atoms with Gasteiger partial charge in [-0.3, -0.25) is 9.59 Å². The first kappa shape index (κ1) is 17.9. The zero-order valence-electron chi connectivity index (χ0n) is 12.2. The molecule has 2 aromatic carbocycles. The van der Waals surface area contributed by atoms with E-state index < -0.39 is 35.9 Å². The molecule has 0 aliphatic heterocycles. The van der Waals surface area contributed by atoms with Gasteiger partial charge in [0.15, 0.2) is 6.61 Å². The summed E-state index contributed by atoms with van der Waals surface area (Å²) in [6, 6.07) is 8.40. The summed E-state index contributed by atoms with van der Waals surface area (Å²) in [7, 11) is 0. The molecule has 2 rings (SSSR count). The van der Waals surface area contributed by atoms with Crippen molar-refractivity contribution in [2.45, 2.75) is 4.90 Å². The summed E-state index contributed by atoms with van der Waals surface area (Å²) in [5.74, 6) is -3.70. The molecule has 0 aromatic heterocycles. The molecule has 0 radical (unpaired) electrons. The van der Waals surface area contributed by atoms with Crippen LogP contribution >= 0.6 is 11.8 Å². The summed E-state index contributed by atoms with van der Waals surface area (Å²) in [6.07, 6.45) is 0. The molecule has 0 aliphatic rings. The van der Waals surface area contributed by atoms with E-state index in [2.05, 4.69) is 5.32 Å². The van der Waals surface area contributed by atoms with Crippen LogP contribution in [-0.2, 0) is 14.3 Å². The van der Waals surface area contributed by atoms with E-state index in [0.29, 0.717) is 0 Å². The number of anilines is 1. The Balaban J connectivity index is 1.77. The highest BCUT2D eigenvalue weighted by molar-refractivity contribution is 8.00. The Morgan fingerprint density at radius 1 is 1.04 bits per heavy atom. The van der Waals surface area contributed by atoms with Gasteiger partial charge in [-0.05, 0) is 30.3 Å². The number of carbonyl (C=O) groups is 2. The molecule has 1 amide bonds. The number of rotatable bonds is 6. The van der Waals surface area contributed by atoms with Crippen molar-refractivity contribution in [3.05, 3.63) is 59.9 Å². The lowest BCUT2D eigenvalue weighted by Crippen LogP contribution is -2.22. The normalized spacial score (nSPS) is 10.3. The van der Waals surface area contributed by atoms with Crippen molar-refractivity contribution in [3.63, 3.8) is 0 Å². The monoisotopic (exact) mass is 355 g/mol. The first-order valence-corrected chi connectivity index (χ1v) is 7.72. The fraction of sp³-hybridized carbons (Fsp3) is 0.125. The molecule has 4 nitrogen and oxygen atoms in total. The summed E-state index contributed by atoms with van der Waals surface area (Å²) < 4.78 is 44.4. The number of para-hydroxylation sites is 1. The number of halogens is 3. The molecular formula is C16H12F3NO3S. The van der Waals surface area contributed by atoms with Crippen LogP contribution in [0.3, 0.4) is 0 Å². The van der Waals surface area contributed by atoms with Crippen molar-refractivity contribution in [1.82, 2.24) is 0 Å². The van der Waals surface area contributed by atoms with Crippen LogP contribution in [0.15, 0.2) is 47.4 Å². The lowest BCUT2D eigenvalue weighted by molar-refractivity contribution is -0.144. The number of carbonyl (C=O) groups excluding carboxylic acids is 2. The predicted molar refractivity (Wildman–Crippen MR) is 83.1 cm³/mol. The van der Waals surface area contributed by atoms with Gasteiger partial charge in [0.2, 0.25) is 0 Å². The summed E-state index contributed by atoms with van der Waals surface area (Å²) in [6.45, 7) is -0.612. The van der Waals surface area contributed by atoms with Gasteiger partial charge in [0.1, 0.15) is 17.5 Å². The summed E-state index contributed by atoms with van der Waals surface area (Å²) in [5.41, 5.74) is -0.0326. The number of nitrogens with one attached hydrogen (secondary N) is 1. The molecule has 0 heterocycles. The lowest BCUT2D eigenvalue weighted by Gasteiger charge is -2.07. The van der Waals surface area contributed by atoms with Gasteiger partial charge < -0.3 is 10.1 Å².